The number of esters is 1. The number of benzene rings is 1. The number of aliphatic hydroxyl groups is 1. The summed E-state index contributed by atoms with van der Waals surface area (Å²) in [4.78, 5) is 43.8. The minimum Gasteiger partial charge on any atom is -0.466 e. The second-order valence-electron chi connectivity index (χ2n) is 9.49. The van der Waals surface area contributed by atoms with Crippen molar-refractivity contribution in [1.82, 2.24) is 9.80 Å². The highest BCUT2D eigenvalue weighted by Gasteiger charge is 2.34. The molecule has 1 unspecified atom stereocenters. The van der Waals surface area contributed by atoms with E-state index in [9.17, 15) is 19.5 Å². The average Bonchev–Trinajstić information content (AvgIpc) is 3.06. The van der Waals surface area contributed by atoms with E-state index in [1.165, 1.54) is 24.9 Å². The molecular formula is C26H36N4O5. The van der Waals surface area contributed by atoms with Gasteiger partial charge >= 0.3 is 5.97 Å². The fourth-order valence-electron chi connectivity index (χ4n) is 5.21. The summed E-state index contributed by atoms with van der Waals surface area (Å²) in [6.07, 6.45) is 6.54. The van der Waals surface area contributed by atoms with Gasteiger partial charge < -0.3 is 29.9 Å². The quantitative estimate of drug-likeness (QED) is 0.571. The van der Waals surface area contributed by atoms with Crippen LogP contribution in [0.15, 0.2) is 35.5 Å². The van der Waals surface area contributed by atoms with E-state index < -0.39 is 5.97 Å². The molecule has 2 saturated heterocycles. The molecule has 2 N–H and O–H groups in total. The van der Waals surface area contributed by atoms with Gasteiger partial charge in [-0.05, 0) is 49.9 Å². The summed E-state index contributed by atoms with van der Waals surface area (Å²) in [7, 11) is 1.28. The van der Waals surface area contributed by atoms with Gasteiger partial charge in [0.1, 0.15) is 5.70 Å². The van der Waals surface area contributed by atoms with Crippen LogP contribution in [0, 0.1) is 5.92 Å². The van der Waals surface area contributed by atoms with E-state index in [1.54, 1.807) is 0 Å². The standard InChI is InChI=1S/C26H36N4O5/c1-35-26(34)22-18-30(15-16-31)25(33)23(22)27-20-8-10-21(11-9-20)29-14-6-7-19(17-29)24(32)28-12-4-2-3-5-13-28/h8-11,19,27,31H,2-7,12-18H2,1H3. The summed E-state index contributed by atoms with van der Waals surface area (Å²) in [5.74, 6) is -0.578. The molecule has 0 aromatic heterocycles. The van der Waals surface area contributed by atoms with Crippen molar-refractivity contribution in [2.24, 2.45) is 5.92 Å². The van der Waals surface area contributed by atoms with Gasteiger partial charge in [0, 0.05) is 44.1 Å². The molecule has 4 rings (SSSR count). The molecule has 2 amide bonds. The Hall–Kier alpha value is -3.07. The molecule has 1 aromatic rings. The van der Waals surface area contributed by atoms with Crippen molar-refractivity contribution in [3.8, 4) is 0 Å². The van der Waals surface area contributed by atoms with Crippen LogP contribution < -0.4 is 10.2 Å². The second kappa shape index (κ2) is 11.6. The van der Waals surface area contributed by atoms with Gasteiger partial charge in [0.05, 0.1) is 31.8 Å². The van der Waals surface area contributed by atoms with Gasteiger partial charge in [0.25, 0.3) is 5.91 Å². The van der Waals surface area contributed by atoms with Crippen molar-refractivity contribution in [3.05, 3.63) is 35.5 Å². The van der Waals surface area contributed by atoms with Crippen LogP contribution in [-0.2, 0) is 19.1 Å². The summed E-state index contributed by atoms with van der Waals surface area (Å²) in [5, 5.41) is 12.3. The minimum absolute atomic E-state index is 0.0287. The van der Waals surface area contributed by atoms with Crippen LogP contribution in [0.5, 0.6) is 0 Å². The summed E-state index contributed by atoms with van der Waals surface area (Å²) < 4.78 is 4.84. The van der Waals surface area contributed by atoms with Crippen LogP contribution in [-0.4, -0.2) is 85.7 Å². The van der Waals surface area contributed by atoms with Gasteiger partial charge in [0.2, 0.25) is 5.91 Å². The molecule has 0 radical (unpaired) electrons. The number of β-amino-alcohol motifs (C(OH)–C–C–N with tert-alkyl or cyclic N) is 1. The largest absolute Gasteiger partial charge is 0.466 e. The lowest BCUT2D eigenvalue weighted by Gasteiger charge is -2.36. The third-order valence-electron chi connectivity index (χ3n) is 7.14. The highest BCUT2D eigenvalue weighted by atomic mass is 16.5. The van der Waals surface area contributed by atoms with Crippen molar-refractivity contribution in [3.63, 3.8) is 0 Å². The molecule has 1 atom stereocenters. The number of nitrogens with zero attached hydrogens (tertiary/aromatic N) is 3. The number of amides is 2. The SMILES string of the molecule is COC(=O)C1=C(Nc2ccc(N3CCCC(C(=O)N4CCCCCC4)C3)cc2)C(=O)N(CCO)C1. The first-order chi connectivity index (χ1) is 17.0. The fraction of sp³-hybridized carbons (Fsp3) is 0.577. The van der Waals surface area contributed by atoms with Crippen LogP contribution in [0.3, 0.4) is 0 Å². The number of methoxy groups -OCH3 is 1. The maximum atomic E-state index is 13.1. The van der Waals surface area contributed by atoms with Crippen molar-refractivity contribution in [2.75, 3.05) is 63.2 Å². The molecule has 35 heavy (non-hydrogen) atoms. The lowest BCUT2D eigenvalue weighted by Crippen LogP contribution is -2.45. The van der Waals surface area contributed by atoms with Gasteiger partial charge in [-0.1, -0.05) is 12.8 Å². The molecule has 9 nitrogen and oxygen atoms in total. The van der Waals surface area contributed by atoms with E-state index in [2.05, 4.69) is 15.1 Å². The zero-order valence-electron chi connectivity index (χ0n) is 20.5. The lowest BCUT2D eigenvalue weighted by molar-refractivity contribution is -0.136. The highest BCUT2D eigenvalue weighted by Crippen LogP contribution is 2.28. The molecular weight excluding hydrogens is 448 g/mol. The van der Waals surface area contributed by atoms with Gasteiger partial charge in [-0.2, -0.15) is 0 Å². The predicted molar refractivity (Wildman–Crippen MR) is 133 cm³/mol. The zero-order valence-corrected chi connectivity index (χ0v) is 20.5. The maximum Gasteiger partial charge on any atom is 0.337 e. The fourth-order valence-corrected chi connectivity index (χ4v) is 5.21. The van der Waals surface area contributed by atoms with Crippen molar-refractivity contribution in [2.45, 2.75) is 38.5 Å². The summed E-state index contributed by atoms with van der Waals surface area (Å²) >= 11 is 0. The number of aliphatic hydroxyl groups excluding tert-OH is 1. The summed E-state index contributed by atoms with van der Waals surface area (Å²) in [6.45, 7) is 3.46. The molecule has 0 aliphatic carbocycles. The van der Waals surface area contributed by atoms with E-state index in [0.717, 1.165) is 51.0 Å². The van der Waals surface area contributed by atoms with Crippen LogP contribution in [0.4, 0.5) is 11.4 Å². The van der Waals surface area contributed by atoms with E-state index in [1.807, 2.05) is 24.3 Å². The van der Waals surface area contributed by atoms with E-state index in [0.29, 0.717) is 18.1 Å². The normalized spacial score (nSPS) is 21.3. The number of carbonyl (C=O) groups is 3. The van der Waals surface area contributed by atoms with Crippen LogP contribution in [0.1, 0.15) is 38.5 Å². The number of nitrogens with one attached hydrogen (secondary N) is 1. The molecule has 0 bridgehead atoms. The number of hydrogen-bond acceptors (Lipinski definition) is 7. The third kappa shape index (κ3) is 5.78. The van der Waals surface area contributed by atoms with Crippen molar-refractivity contribution in [1.29, 1.82) is 0 Å². The Balaban J connectivity index is 1.42. The Morgan fingerprint density at radius 1 is 1.06 bits per heavy atom. The number of piperidine rings is 1. The molecule has 9 heteroatoms. The Morgan fingerprint density at radius 2 is 1.77 bits per heavy atom. The summed E-state index contributed by atoms with van der Waals surface area (Å²) in [5.41, 5.74) is 2.14. The number of hydrogen-bond donors (Lipinski definition) is 2. The summed E-state index contributed by atoms with van der Waals surface area (Å²) in [6, 6.07) is 7.70. The first-order valence-corrected chi connectivity index (χ1v) is 12.6. The molecule has 190 valence electrons. The number of carbonyl (C=O) groups excluding carboxylic acids is 3. The van der Waals surface area contributed by atoms with Gasteiger partial charge in [-0.3, -0.25) is 9.59 Å². The van der Waals surface area contributed by atoms with Crippen LogP contribution in [0.2, 0.25) is 0 Å². The third-order valence-corrected chi connectivity index (χ3v) is 7.14. The van der Waals surface area contributed by atoms with Crippen molar-refractivity contribution >= 4 is 29.2 Å². The Labute approximate surface area is 206 Å². The first-order valence-electron chi connectivity index (χ1n) is 12.6. The lowest BCUT2D eigenvalue weighted by atomic mass is 9.95. The topological polar surface area (TPSA) is 102 Å². The van der Waals surface area contributed by atoms with Crippen LogP contribution >= 0.6 is 0 Å². The number of likely N-dealkylation sites (tertiary alicyclic amines) is 1. The molecule has 3 aliphatic heterocycles. The number of rotatable bonds is 7. The van der Waals surface area contributed by atoms with Gasteiger partial charge in [0.15, 0.2) is 0 Å². The number of anilines is 2. The molecule has 0 saturated carbocycles. The second-order valence-corrected chi connectivity index (χ2v) is 9.49. The van der Waals surface area contributed by atoms with Gasteiger partial charge in [-0.15, -0.1) is 0 Å². The maximum absolute atomic E-state index is 13.1. The molecule has 1 aromatic carbocycles. The van der Waals surface area contributed by atoms with Crippen LogP contribution in [0.25, 0.3) is 0 Å². The number of ether oxygens (including phenoxy) is 1. The highest BCUT2D eigenvalue weighted by molar-refractivity contribution is 6.08. The van der Waals surface area contributed by atoms with Crippen molar-refractivity contribution < 1.29 is 24.2 Å². The van der Waals surface area contributed by atoms with Gasteiger partial charge in [-0.25, -0.2) is 4.79 Å². The van der Waals surface area contributed by atoms with E-state index in [4.69, 9.17) is 4.74 Å². The first kappa shape index (κ1) is 25.0. The minimum atomic E-state index is -0.564. The Bertz CT molecular complexity index is 953. The molecule has 3 heterocycles. The smallest absolute Gasteiger partial charge is 0.337 e. The van der Waals surface area contributed by atoms with E-state index in [-0.39, 0.29) is 42.8 Å². The Kier molecular flexibility index (Phi) is 8.28. The monoisotopic (exact) mass is 484 g/mol. The molecule has 2 fully saturated rings. The average molecular weight is 485 g/mol. The Morgan fingerprint density at radius 3 is 2.43 bits per heavy atom. The molecule has 3 aliphatic rings. The molecule has 0 spiro atoms. The zero-order chi connectivity index (χ0) is 24.8. The van der Waals surface area contributed by atoms with E-state index >= 15 is 0 Å². The predicted octanol–water partition coefficient (Wildman–Crippen LogP) is 1.98.